The average Bonchev–Trinajstić information content (AvgIpc) is 2.69. The van der Waals surface area contributed by atoms with Gasteiger partial charge in [0.1, 0.15) is 10.8 Å². The summed E-state index contributed by atoms with van der Waals surface area (Å²) < 4.78 is 6.21. The van der Waals surface area contributed by atoms with Crippen LogP contribution in [0, 0.1) is 13.8 Å². The highest BCUT2D eigenvalue weighted by Gasteiger charge is 2.26. The molecular weight excluding hydrogens is 456 g/mol. The molecule has 0 bridgehead atoms. The maximum atomic E-state index is 12.7. The van der Waals surface area contributed by atoms with Gasteiger partial charge in [-0.1, -0.05) is 15.9 Å². The van der Waals surface area contributed by atoms with Crippen molar-refractivity contribution in [2.24, 2.45) is 0 Å². The lowest BCUT2D eigenvalue weighted by atomic mass is 10.2. The zero-order chi connectivity index (χ0) is 21.0. The summed E-state index contributed by atoms with van der Waals surface area (Å²) in [4.78, 5) is 31.1. The van der Waals surface area contributed by atoms with Gasteiger partial charge in [-0.15, -0.1) is 11.8 Å². The van der Waals surface area contributed by atoms with Crippen molar-refractivity contribution in [3.05, 3.63) is 45.6 Å². The number of fused-ring (bicyclic) bond motifs is 1. The Bertz CT molecular complexity index is 938. The number of pyridine rings is 1. The van der Waals surface area contributed by atoms with E-state index in [4.69, 9.17) is 4.74 Å². The van der Waals surface area contributed by atoms with Gasteiger partial charge in [-0.3, -0.25) is 9.69 Å². The highest BCUT2D eigenvalue weighted by Crippen LogP contribution is 2.36. The molecule has 1 aromatic carbocycles. The third-order valence-electron chi connectivity index (χ3n) is 4.47. The van der Waals surface area contributed by atoms with Crippen molar-refractivity contribution < 1.29 is 14.3 Å². The van der Waals surface area contributed by atoms with E-state index in [-0.39, 0.29) is 18.5 Å². The summed E-state index contributed by atoms with van der Waals surface area (Å²) in [5.41, 5.74) is 3.60. The van der Waals surface area contributed by atoms with Crippen molar-refractivity contribution in [3.63, 3.8) is 0 Å². The number of aryl methyl sites for hydroxylation is 2. The second kappa shape index (κ2) is 9.49. The van der Waals surface area contributed by atoms with Crippen molar-refractivity contribution in [2.75, 3.05) is 30.9 Å². The van der Waals surface area contributed by atoms with Crippen LogP contribution in [0.3, 0.4) is 0 Å². The highest BCUT2D eigenvalue weighted by atomic mass is 79.9. The zero-order valence-corrected chi connectivity index (χ0v) is 18.9. The Balaban J connectivity index is 1.58. The number of thioether (sulfide) groups is 1. The van der Waals surface area contributed by atoms with Gasteiger partial charge >= 0.3 is 6.03 Å². The Morgan fingerprint density at radius 2 is 2.07 bits per heavy atom. The number of amides is 3. The van der Waals surface area contributed by atoms with E-state index in [1.807, 2.05) is 38.1 Å². The maximum absolute atomic E-state index is 12.7. The molecule has 2 aromatic rings. The van der Waals surface area contributed by atoms with E-state index in [1.54, 1.807) is 23.8 Å². The molecule has 3 amide bonds. The molecule has 0 fully saturated rings. The molecule has 3 rings (SSSR count). The standard InChI is InChI=1S/C20H23BrN4O3S/c1-12-8-13(2)24-19-18(12)25(6-7-29-19)20(27)23-11-17(26)22-10-14-9-15(21)4-5-16(14)28-3/h4-5,8-9H,6-7,10-11H2,1-3H3,(H,22,26)(H,23,27). The largest absolute Gasteiger partial charge is 0.496 e. The van der Waals surface area contributed by atoms with Crippen LogP contribution < -0.4 is 20.3 Å². The van der Waals surface area contributed by atoms with Crippen molar-refractivity contribution in [2.45, 2.75) is 25.4 Å². The van der Waals surface area contributed by atoms with Crippen molar-refractivity contribution in [1.29, 1.82) is 0 Å². The molecule has 1 aromatic heterocycles. The van der Waals surface area contributed by atoms with E-state index in [0.29, 0.717) is 18.8 Å². The summed E-state index contributed by atoms with van der Waals surface area (Å²) in [6, 6.07) is 7.26. The molecule has 0 aliphatic carbocycles. The lowest BCUT2D eigenvalue weighted by Gasteiger charge is -2.30. The van der Waals surface area contributed by atoms with Gasteiger partial charge < -0.3 is 15.4 Å². The number of urea groups is 1. The topological polar surface area (TPSA) is 83.6 Å². The molecule has 9 heteroatoms. The molecule has 0 spiro atoms. The highest BCUT2D eigenvalue weighted by molar-refractivity contribution is 9.10. The number of benzene rings is 1. The molecule has 154 valence electrons. The summed E-state index contributed by atoms with van der Waals surface area (Å²) >= 11 is 5.06. The number of nitrogens with zero attached hydrogens (tertiary/aromatic N) is 2. The second-order valence-electron chi connectivity index (χ2n) is 6.63. The van der Waals surface area contributed by atoms with Crippen molar-refractivity contribution in [3.8, 4) is 5.75 Å². The molecule has 1 aliphatic heterocycles. The lowest BCUT2D eigenvalue weighted by Crippen LogP contribution is -2.46. The van der Waals surface area contributed by atoms with Crippen LogP contribution in [0.15, 0.2) is 33.8 Å². The predicted octanol–water partition coefficient (Wildman–Crippen LogP) is 3.41. The molecule has 0 saturated carbocycles. The molecule has 2 heterocycles. The molecule has 0 atom stereocenters. The summed E-state index contributed by atoms with van der Waals surface area (Å²) in [5.74, 6) is 1.19. The van der Waals surface area contributed by atoms with Gasteiger partial charge in [0.25, 0.3) is 0 Å². The van der Waals surface area contributed by atoms with E-state index >= 15 is 0 Å². The van der Waals surface area contributed by atoms with Crippen LogP contribution in [-0.2, 0) is 11.3 Å². The van der Waals surface area contributed by atoms with E-state index in [2.05, 4.69) is 31.5 Å². The quantitative estimate of drug-likeness (QED) is 0.687. The molecule has 7 nitrogen and oxygen atoms in total. The Morgan fingerprint density at radius 1 is 1.28 bits per heavy atom. The molecule has 0 unspecified atom stereocenters. The fourth-order valence-corrected chi connectivity index (χ4v) is 4.66. The first kappa shape index (κ1) is 21.4. The minimum Gasteiger partial charge on any atom is -0.496 e. The first-order valence-electron chi connectivity index (χ1n) is 9.14. The van der Waals surface area contributed by atoms with Gasteiger partial charge in [0, 0.05) is 34.6 Å². The molecular formula is C20H23BrN4O3S. The number of rotatable bonds is 5. The monoisotopic (exact) mass is 478 g/mol. The van der Waals surface area contributed by atoms with E-state index < -0.39 is 0 Å². The summed E-state index contributed by atoms with van der Waals surface area (Å²) in [6.45, 7) is 4.69. The van der Waals surface area contributed by atoms with Crippen LogP contribution in [0.5, 0.6) is 5.75 Å². The molecule has 2 N–H and O–H groups in total. The Labute approximate surface area is 182 Å². The SMILES string of the molecule is COc1ccc(Br)cc1CNC(=O)CNC(=O)N1CCSc2nc(C)cc(C)c21. The summed E-state index contributed by atoms with van der Waals surface area (Å²) in [7, 11) is 1.59. The molecule has 0 saturated heterocycles. The number of hydrogen-bond acceptors (Lipinski definition) is 5. The average molecular weight is 479 g/mol. The van der Waals surface area contributed by atoms with Gasteiger partial charge in [-0.05, 0) is 43.7 Å². The molecule has 1 aliphatic rings. The number of hydrogen-bond donors (Lipinski definition) is 2. The van der Waals surface area contributed by atoms with Crippen LogP contribution in [0.25, 0.3) is 0 Å². The molecule has 29 heavy (non-hydrogen) atoms. The first-order valence-corrected chi connectivity index (χ1v) is 10.9. The fourth-order valence-electron chi connectivity index (χ4n) is 3.17. The summed E-state index contributed by atoms with van der Waals surface area (Å²) in [5, 5.41) is 6.37. The minimum atomic E-state index is -0.296. The number of carbonyl (C=O) groups excluding carboxylic acids is 2. The van der Waals surface area contributed by atoms with Crippen LogP contribution in [-0.4, -0.2) is 42.9 Å². The first-order chi connectivity index (χ1) is 13.9. The number of aromatic nitrogens is 1. The Morgan fingerprint density at radius 3 is 2.83 bits per heavy atom. The predicted molar refractivity (Wildman–Crippen MR) is 118 cm³/mol. The number of nitrogens with one attached hydrogen (secondary N) is 2. The summed E-state index contributed by atoms with van der Waals surface area (Å²) in [6.07, 6.45) is 0. The fraction of sp³-hybridized carbons (Fsp3) is 0.350. The van der Waals surface area contributed by atoms with Crippen molar-refractivity contribution >= 4 is 45.3 Å². The van der Waals surface area contributed by atoms with Crippen LogP contribution in [0.4, 0.5) is 10.5 Å². The smallest absolute Gasteiger partial charge is 0.322 e. The third kappa shape index (κ3) is 5.22. The third-order valence-corrected chi connectivity index (χ3v) is 5.90. The van der Waals surface area contributed by atoms with Gasteiger partial charge in [0.05, 0.1) is 19.3 Å². The van der Waals surface area contributed by atoms with Gasteiger partial charge in [0.2, 0.25) is 5.91 Å². The van der Waals surface area contributed by atoms with Gasteiger partial charge in [-0.2, -0.15) is 0 Å². The van der Waals surface area contributed by atoms with E-state index in [0.717, 1.165) is 37.8 Å². The number of carbonyl (C=O) groups is 2. The van der Waals surface area contributed by atoms with Gasteiger partial charge in [0.15, 0.2) is 0 Å². The minimum absolute atomic E-state index is 0.105. The lowest BCUT2D eigenvalue weighted by molar-refractivity contribution is -0.120. The van der Waals surface area contributed by atoms with Crippen molar-refractivity contribution in [1.82, 2.24) is 15.6 Å². The maximum Gasteiger partial charge on any atom is 0.322 e. The number of anilines is 1. The second-order valence-corrected chi connectivity index (χ2v) is 8.63. The van der Waals surface area contributed by atoms with Crippen LogP contribution >= 0.6 is 27.7 Å². The van der Waals surface area contributed by atoms with Crippen LogP contribution in [0.2, 0.25) is 0 Å². The number of methoxy groups -OCH3 is 1. The van der Waals surface area contributed by atoms with Crippen LogP contribution in [0.1, 0.15) is 16.8 Å². The van der Waals surface area contributed by atoms with Gasteiger partial charge in [-0.25, -0.2) is 9.78 Å². The van der Waals surface area contributed by atoms with E-state index in [9.17, 15) is 9.59 Å². The normalized spacial score (nSPS) is 12.9. The number of halogens is 1. The zero-order valence-electron chi connectivity index (χ0n) is 16.5. The van der Waals surface area contributed by atoms with E-state index in [1.165, 1.54) is 0 Å². The molecule has 0 radical (unpaired) electrons. The number of ether oxygens (including phenoxy) is 1. The Kier molecular flexibility index (Phi) is 7.02. The Hall–Kier alpha value is -2.26.